The van der Waals surface area contributed by atoms with Gasteiger partial charge in [0.1, 0.15) is 16.3 Å². The molecule has 0 fully saturated rings. The second-order valence-electron chi connectivity index (χ2n) is 7.18. The molecule has 0 saturated heterocycles. The first-order chi connectivity index (χ1) is 15.9. The Morgan fingerprint density at radius 1 is 0.941 bits per heavy atom. The number of nitrogens with zero attached hydrogens (tertiary/aromatic N) is 4. The molecule has 0 aliphatic carbocycles. The SMILES string of the molecule is Cc1nn(-c2cccc(C(F)(F)F)c2)c(O)c1/N=N/c1c(O)cc(S(=O)(=O)O)c2ccccc12. The molecule has 9 nitrogen and oxygen atoms in total. The van der Waals surface area contributed by atoms with Crippen LogP contribution in [0.3, 0.4) is 0 Å². The summed E-state index contributed by atoms with van der Waals surface area (Å²) in [6, 6.07) is 10.9. The second kappa shape index (κ2) is 8.11. The van der Waals surface area contributed by atoms with Crippen LogP contribution < -0.4 is 0 Å². The molecule has 34 heavy (non-hydrogen) atoms. The third-order valence-electron chi connectivity index (χ3n) is 4.91. The molecule has 4 aromatic rings. The number of aromatic nitrogens is 2. The van der Waals surface area contributed by atoms with Crippen molar-refractivity contribution in [2.75, 3.05) is 0 Å². The highest BCUT2D eigenvalue weighted by Gasteiger charge is 2.31. The van der Waals surface area contributed by atoms with Crippen LogP contribution in [0.2, 0.25) is 0 Å². The van der Waals surface area contributed by atoms with Crippen LogP contribution >= 0.6 is 0 Å². The fraction of sp³-hybridized carbons (Fsp3) is 0.0952. The van der Waals surface area contributed by atoms with Crippen LogP contribution in [0.15, 0.2) is 69.7 Å². The molecule has 0 unspecified atom stereocenters. The Bertz CT molecular complexity index is 1560. The largest absolute Gasteiger partial charge is 0.506 e. The smallest absolute Gasteiger partial charge is 0.416 e. The third kappa shape index (κ3) is 4.18. The lowest BCUT2D eigenvalue weighted by molar-refractivity contribution is -0.137. The summed E-state index contributed by atoms with van der Waals surface area (Å²) in [4.78, 5) is -0.532. The molecular weight excluding hydrogens is 477 g/mol. The molecule has 0 radical (unpaired) electrons. The van der Waals surface area contributed by atoms with Crippen molar-refractivity contribution < 1.29 is 36.4 Å². The van der Waals surface area contributed by atoms with E-state index in [4.69, 9.17) is 0 Å². The number of azo groups is 1. The molecule has 0 spiro atoms. The van der Waals surface area contributed by atoms with Gasteiger partial charge in [0.15, 0.2) is 5.69 Å². The summed E-state index contributed by atoms with van der Waals surface area (Å²) in [5, 5.41) is 32.9. The molecule has 0 atom stereocenters. The number of phenolic OH excluding ortho intramolecular Hbond substituents is 1. The van der Waals surface area contributed by atoms with Gasteiger partial charge in [-0.1, -0.05) is 30.3 Å². The molecule has 3 N–H and O–H groups in total. The van der Waals surface area contributed by atoms with Gasteiger partial charge >= 0.3 is 6.18 Å². The molecule has 13 heteroatoms. The van der Waals surface area contributed by atoms with Crippen molar-refractivity contribution in [1.82, 2.24) is 9.78 Å². The van der Waals surface area contributed by atoms with Crippen molar-refractivity contribution in [2.24, 2.45) is 10.2 Å². The molecule has 0 amide bonds. The van der Waals surface area contributed by atoms with Crippen LogP contribution in [-0.2, 0) is 16.3 Å². The van der Waals surface area contributed by atoms with Crippen LogP contribution in [0.5, 0.6) is 11.6 Å². The van der Waals surface area contributed by atoms with Gasteiger partial charge in [-0.2, -0.15) is 31.4 Å². The summed E-state index contributed by atoms with van der Waals surface area (Å²) in [6.07, 6.45) is -4.59. The number of aromatic hydroxyl groups is 2. The molecule has 3 aromatic carbocycles. The Morgan fingerprint density at radius 2 is 1.59 bits per heavy atom. The van der Waals surface area contributed by atoms with Crippen LogP contribution in [0.25, 0.3) is 16.5 Å². The number of hydrogen-bond donors (Lipinski definition) is 3. The van der Waals surface area contributed by atoms with E-state index in [1.54, 1.807) is 6.07 Å². The lowest BCUT2D eigenvalue weighted by Gasteiger charge is -2.09. The zero-order chi connectivity index (χ0) is 24.8. The Labute approximate surface area is 190 Å². The monoisotopic (exact) mass is 492 g/mol. The Balaban J connectivity index is 1.82. The lowest BCUT2D eigenvalue weighted by Crippen LogP contribution is -2.06. The van der Waals surface area contributed by atoms with Crippen molar-refractivity contribution in [1.29, 1.82) is 0 Å². The maximum Gasteiger partial charge on any atom is 0.416 e. The van der Waals surface area contributed by atoms with Gasteiger partial charge < -0.3 is 10.2 Å². The van der Waals surface area contributed by atoms with E-state index in [2.05, 4.69) is 15.3 Å². The number of benzene rings is 3. The van der Waals surface area contributed by atoms with Crippen LogP contribution in [0.1, 0.15) is 11.3 Å². The van der Waals surface area contributed by atoms with E-state index >= 15 is 0 Å². The van der Waals surface area contributed by atoms with Crippen molar-refractivity contribution in [3.8, 4) is 17.3 Å². The van der Waals surface area contributed by atoms with E-state index in [0.717, 1.165) is 28.9 Å². The molecule has 0 aliphatic heterocycles. The number of alkyl halides is 3. The molecule has 0 aliphatic rings. The van der Waals surface area contributed by atoms with E-state index in [-0.39, 0.29) is 33.5 Å². The van der Waals surface area contributed by atoms with Gasteiger partial charge in [0, 0.05) is 16.8 Å². The van der Waals surface area contributed by atoms with Crippen molar-refractivity contribution in [2.45, 2.75) is 18.0 Å². The summed E-state index contributed by atoms with van der Waals surface area (Å²) in [5.74, 6) is -1.21. The fourth-order valence-corrected chi connectivity index (χ4v) is 4.07. The van der Waals surface area contributed by atoms with Crippen molar-refractivity contribution >= 4 is 32.3 Å². The van der Waals surface area contributed by atoms with Gasteiger partial charge in [-0.15, -0.1) is 10.2 Å². The summed E-state index contributed by atoms with van der Waals surface area (Å²) in [6.45, 7) is 1.44. The Hall–Kier alpha value is -3.97. The summed E-state index contributed by atoms with van der Waals surface area (Å²) < 4.78 is 72.8. The highest BCUT2D eigenvalue weighted by Crippen LogP contribution is 2.41. The second-order valence-corrected chi connectivity index (χ2v) is 8.57. The molecular formula is C21H15F3N4O5S. The van der Waals surface area contributed by atoms with Crippen molar-refractivity contribution in [3.05, 3.63) is 65.9 Å². The third-order valence-corrected chi connectivity index (χ3v) is 5.80. The molecule has 1 heterocycles. The number of hydrogen-bond acceptors (Lipinski definition) is 7. The molecule has 176 valence electrons. The zero-order valence-corrected chi connectivity index (χ0v) is 18.0. The van der Waals surface area contributed by atoms with Gasteiger partial charge in [-0.3, -0.25) is 4.55 Å². The first-order valence-corrected chi connectivity index (χ1v) is 10.9. The number of fused-ring (bicyclic) bond motifs is 1. The zero-order valence-electron chi connectivity index (χ0n) is 17.2. The van der Waals surface area contributed by atoms with E-state index < -0.39 is 38.4 Å². The van der Waals surface area contributed by atoms with Gasteiger partial charge in [-0.05, 0) is 25.1 Å². The van der Waals surface area contributed by atoms with Gasteiger partial charge in [-0.25, -0.2) is 0 Å². The minimum absolute atomic E-state index is 0.0670. The number of phenols is 1. The predicted molar refractivity (Wildman–Crippen MR) is 115 cm³/mol. The van der Waals surface area contributed by atoms with Gasteiger partial charge in [0.25, 0.3) is 10.1 Å². The van der Waals surface area contributed by atoms with Gasteiger partial charge in [0.2, 0.25) is 5.88 Å². The number of halogens is 3. The maximum atomic E-state index is 13.0. The van der Waals surface area contributed by atoms with Crippen LogP contribution in [0, 0.1) is 6.92 Å². The van der Waals surface area contributed by atoms with E-state index in [0.29, 0.717) is 0 Å². The minimum atomic E-state index is -4.66. The van der Waals surface area contributed by atoms with E-state index in [1.165, 1.54) is 31.2 Å². The Morgan fingerprint density at radius 3 is 2.24 bits per heavy atom. The predicted octanol–water partition coefficient (Wildman–Crippen LogP) is 5.43. The minimum Gasteiger partial charge on any atom is -0.506 e. The summed E-state index contributed by atoms with van der Waals surface area (Å²) in [7, 11) is -4.66. The normalized spacial score (nSPS) is 12.6. The van der Waals surface area contributed by atoms with Gasteiger partial charge in [0.05, 0.1) is 16.9 Å². The molecule has 4 rings (SSSR count). The molecule has 0 saturated carbocycles. The maximum absolute atomic E-state index is 13.0. The quantitative estimate of drug-likeness (QED) is 0.257. The highest BCUT2D eigenvalue weighted by molar-refractivity contribution is 7.86. The van der Waals surface area contributed by atoms with Crippen LogP contribution in [0.4, 0.5) is 24.5 Å². The van der Waals surface area contributed by atoms with Crippen LogP contribution in [-0.4, -0.2) is 33.0 Å². The summed E-state index contributed by atoms with van der Waals surface area (Å²) >= 11 is 0. The van der Waals surface area contributed by atoms with E-state index in [1.807, 2.05) is 0 Å². The first-order valence-electron chi connectivity index (χ1n) is 9.48. The lowest BCUT2D eigenvalue weighted by atomic mass is 10.1. The van der Waals surface area contributed by atoms with Crippen molar-refractivity contribution in [3.63, 3.8) is 0 Å². The highest BCUT2D eigenvalue weighted by atomic mass is 32.2. The van der Waals surface area contributed by atoms with E-state index in [9.17, 15) is 36.4 Å². The Kier molecular flexibility index (Phi) is 5.53. The molecule has 0 bridgehead atoms. The standard InChI is InChI=1S/C21H15F3N4O5S/c1-11-18(20(30)28(27-11)13-6-4-5-12(9-13)21(22,23)24)25-26-19-15-8-3-2-7-14(15)17(10-16(19)29)34(31,32)33/h2-10,29-30H,1H3,(H,31,32,33)/b26-25+. The number of aryl methyl sites for hydroxylation is 1. The first kappa shape index (κ1) is 23.2. The molecule has 1 aromatic heterocycles. The average molecular weight is 492 g/mol. The summed E-state index contributed by atoms with van der Waals surface area (Å²) in [5.41, 5.74) is -1.22. The average Bonchev–Trinajstić information content (AvgIpc) is 3.05. The number of rotatable bonds is 4. The fourth-order valence-electron chi connectivity index (χ4n) is 3.35. The topological polar surface area (TPSA) is 137 Å².